The molecular weight excluding hydrogens is 219 g/mol. The van der Waals surface area contributed by atoms with Crippen molar-refractivity contribution in [2.24, 2.45) is 5.92 Å². The van der Waals surface area contributed by atoms with E-state index in [1.54, 1.807) is 12.1 Å². The second kappa shape index (κ2) is 4.09. The van der Waals surface area contributed by atoms with E-state index in [0.717, 1.165) is 18.4 Å². The fraction of sp³-hybridized carbons (Fsp3) is 0.455. The van der Waals surface area contributed by atoms with Crippen molar-refractivity contribution in [3.8, 4) is 0 Å². The molecule has 0 amide bonds. The minimum atomic E-state index is -0.376. The van der Waals surface area contributed by atoms with Gasteiger partial charge in [0.25, 0.3) is 0 Å². The normalized spacial score (nSPS) is 19.1. The molecule has 0 radical (unpaired) electrons. The fourth-order valence-electron chi connectivity index (χ4n) is 1.72. The van der Waals surface area contributed by atoms with Crippen LogP contribution in [0, 0.1) is 5.92 Å². The van der Waals surface area contributed by atoms with E-state index in [2.05, 4.69) is 0 Å². The zero-order valence-electron chi connectivity index (χ0n) is 7.71. The predicted octanol–water partition coefficient (Wildman–Crippen LogP) is 3.83. The quantitative estimate of drug-likeness (QED) is 0.820. The zero-order chi connectivity index (χ0) is 10.1. The van der Waals surface area contributed by atoms with Gasteiger partial charge in [-0.15, -0.1) is 0 Å². The Morgan fingerprint density at radius 1 is 1.21 bits per heavy atom. The number of hydrogen-bond donors (Lipinski definition) is 1. The maximum Gasteiger partial charge on any atom is 0.0818 e. The molecule has 0 saturated heterocycles. The Hall–Kier alpha value is -0.240. The van der Waals surface area contributed by atoms with Gasteiger partial charge in [0.2, 0.25) is 0 Å². The highest BCUT2D eigenvalue weighted by Gasteiger charge is 2.26. The third-order valence-electron chi connectivity index (χ3n) is 2.88. The first-order chi connectivity index (χ1) is 6.68. The van der Waals surface area contributed by atoms with Crippen LogP contribution in [0.5, 0.6) is 0 Å². The van der Waals surface area contributed by atoms with Crippen molar-refractivity contribution in [3.05, 3.63) is 33.8 Å². The highest BCUT2D eigenvalue weighted by atomic mass is 35.5. The van der Waals surface area contributed by atoms with E-state index in [9.17, 15) is 5.11 Å². The largest absolute Gasteiger partial charge is 0.388 e. The number of rotatable bonds is 2. The fourth-order valence-corrected chi connectivity index (χ4v) is 2.03. The van der Waals surface area contributed by atoms with Gasteiger partial charge in [-0.25, -0.2) is 0 Å². The molecule has 1 aromatic carbocycles. The van der Waals surface area contributed by atoms with Crippen LogP contribution in [0.25, 0.3) is 0 Å². The van der Waals surface area contributed by atoms with Gasteiger partial charge < -0.3 is 5.11 Å². The van der Waals surface area contributed by atoms with Crippen LogP contribution in [0.15, 0.2) is 18.2 Å². The van der Waals surface area contributed by atoms with Gasteiger partial charge in [-0.05, 0) is 36.5 Å². The molecule has 1 nitrogen and oxygen atoms in total. The summed E-state index contributed by atoms with van der Waals surface area (Å²) >= 11 is 11.7. The molecule has 1 aromatic rings. The van der Waals surface area contributed by atoms with Gasteiger partial charge in [0.05, 0.1) is 16.1 Å². The SMILES string of the molecule is OC(c1ccc(Cl)c(Cl)c1)C1CCC1. The summed E-state index contributed by atoms with van der Waals surface area (Å²) in [5.41, 5.74) is 0.879. The molecule has 2 rings (SSSR count). The Morgan fingerprint density at radius 3 is 2.43 bits per heavy atom. The van der Waals surface area contributed by atoms with Gasteiger partial charge in [-0.3, -0.25) is 0 Å². The highest BCUT2D eigenvalue weighted by molar-refractivity contribution is 6.42. The third-order valence-corrected chi connectivity index (χ3v) is 3.62. The van der Waals surface area contributed by atoms with Crippen molar-refractivity contribution in [2.45, 2.75) is 25.4 Å². The number of aliphatic hydroxyl groups is 1. The van der Waals surface area contributed by atoms with Crippen LogP contribution >= 0.6 is 23.2 Å². The van der Waals surface area contributed by atoms with Crippen molar-refractivity contribution in [1.29, 1.82) is 0 Å². The van der Waals surface area contributed by atoms with E-state index in [1.807, 2.05) is 6.07 Å². The molecule has 76 valence electrons. The zero-order valence-corrected chi connectivity index (χ0v) is 9.22. The molecule has 14 heavy (non-hydrogen) atoms. The van der Waals surface area contributed by atoms with Crippen molar-refractivity contribution < 1.29 is 5.11 Å². The Labute approximate surface area is 93.7 Å². The average Bonchev–Trinajstić information content (AvgIpc) is 2.06. The average molecular weight is 231 g/mol. The van der Waals surface area contributed by atoms with E-state index >= 15 is 0 Å². The number of aliphatic hydroxyl groups excluding tert-OH is 1. The van der Waals surface area contributed by atoms with Crippen LogP contribution < -0.4 is 0 Å². The molecule has 0 aliphatic heterocycles. The van der Waals surface area contributed by atoms with Gasteiger partial charge in [-0.2, -0.15) is 0 Å². The van der Waals surface area contributed by atoms with Crippen LogP contribution in [0.2, 0.25) is 10.0 Å². The Morgan fingerprint density at radius 2 is 1.93 bits per heavy atom. The summed E-state index contributed by atoms with van der Waals surface area (Å²) in [4.78, 5) is 0. The van der Waals surface area contributed by atoms with E-state index in [0.29, 0.717) is 16.0 Å². The molecule has 1 N–H and O–H groups in total. The topological polar surface area (TPSA) is 20.2 Å². The molecule has 1 unspecified atom stereocenters. The number of benzene rings is 1. The van der Waals surface area contributed by atoms with E-state index < -0.39 is 0 Å². The predicted molar refractivity (Wildman–Crippen MR) is 58.8 cm³/mol. The van der Waals surface area contributed by atoms with Crippen molar-refractivity contribution >= 4 is 23.2 Å². The first kappa shape index (κ1) is 10.3. The lowest BCUT2D eigenvalue weighted by molar-refractivity contribution is 0.0621. The standard InChI is InChI=1S/C11H12Cl2O/c12-9-5-4-8(6-10(9)13)11(14)7-2-1-3-7/h4-7,11,14H,1-3H2. The molecule has 1 aliphatic rings. The third kappa shape index (κ3) is 1.90. The Bertz CT molecular complexity index is 334. The van der Waals surface area contributed by atoms with Gasteiger partial charge >= 0.3 is 0 Å². The molecule has 1 atom stereocenters. The van der Waals surface area contributed by atoms with Crippen LogP contribution in [-0.4, -0.2) is 5.11 Å². The van der Waals surface area contributed by atoms with Crippen molar-refractivity contribution in [1.82, 2.24) is 0 Å². The van der Waals surface area contributed by atoms with Crippen LogP contribution in [0.1, 0.15) is 30.9 Å². The van der Waals surface area contributed by atoms with Crippen LogP contribution in [-0.2, 0) is 0 Å². The molecule has 0 spiro atoms. The summed E-state index contributed by atoms with van der Waals surface area (Å²) in [5.74, 6) is 0.409. The maximum absolute atomic E-state index is 9.95. The smallest absolute Gasteiger partial charge is 0.0818 e. The Kier molecular flexibility index (Phi) is 3.01. The van der Waals surface area contributed by atoms with Crippen molar-refractivity contribution in [3.63, 3.8) is 0 Å². The summed E-state index contributed by atoms with van der Waals surface area (Å²) in [6.07, 6.45) is 3.07. The lowest BCUT2D eigenvalue weighted by atomic mass is 9.79. The molecule has 0 bridgehead atoms. The molecule has 3 heteroatoms. The number of hydrogen-bond acceptors (Lipinski definition) is 1. The maximum atomic E-state index is 9.95. The van der Waals surface area contributed by atoms with Crippen molar-refractivity contribution in [2.75, 3.05) is 0 Å². The summed E-state index contributed by atoms with van der Waals surface area (Å²) in [6, 6.07) is 5.34. The van der Waals surface area contributed by atoms with Gasteiger partial charge in [0.1, 0.15) is 0 Å². The van der Waals surface area contributed by atoms with E-state index in [4.69, 9.17) is 23.2 Å². The lowest BCUT2D eigenvalue weighted by Crippen LogP contribution is -2.19. The second-order valence-corrected chi connectivity index (χ2v) is 4.62. The molecule has 1 saturated carbocycles. The molecular formula is C11H12Cl2O. The highest BCUT2D eigenvalue weighted by Crippen LogP contribution is 2.38. The molecule has 0 aromatic heterocycles. The van der Waals surface area contributed by atoms with Gasteiger partial charge in [0, 0.05) is 0 Å². The lowest BCUT2D eigenvalue weighted by Gasteiger charge is -2.30. The van der Waals surface area contributed by atoms with Crippen LogP contribution in [0.4, 0.5) is 0 Å². The van der Waals surface area contributed by atoms with Gasteiger partial charge in [-0.1, -0.05) is 35.7 Å². The van der Waals surface area contributed by atoms with Crippen LogP contribution in [0.3, 0.4) is 0 Å². The molecule has 0 heterocycles. The first-order valence-electron chi connectivity index (χ1n) is 4.81. The van der Waals surface area contributed by atoms with E-state index in [-0.39, 0.29) is 6.10 Å². The summed E-state index contributed by atoms with van der Waals surface area (Å²) in [5, 5.41) is 11.0. The molecule has 1 fully saturated rings. The first-order valence-corrected chi connectivity index (χ1v) is 5.57. The monoisotopic (exact) mass is 230 g/mol. The Balaban J connectivity index is 2.18. The minimum absolute atomic E-state index is 0.376. The molecule has 1 aliphatic carbocycles. The summed E-state index contributed by atoms with van der Waals surface area (Å²) < 4.78 is 0. The number of halogens is 2. The second-order valence-electron chi connectivity index (χ2n) is 3.81. The minimum Gasteiger partial charge on any atom is -0.388 e. The van der Waals surface area contributed by atoms with E-state index in [1.165, 1.54) is 6.42 Å². The summed E-state index contributed by atoms with van der Waals surface area (Å²) in [6.45, 7) is 0. The summed E-state index contributed by atoms with van der Waals surface area (Å²) in [7, 11) is 0. The van der Waals surface area contributed by atoms with Gasteiger partial charge in [0.15, 0.2) is 0 Å².